The van der Waals surface area contributed by atoms with Crippen LogP contribution >= 0.6 is 0 Å². The molecule has 1 aromatic heterocycles. The van der Waals surface area contributed by atoms with E-state index in [9.17, 15) is 13.2 Å². The highest BCUT2D eigenvalue weighted by atomic mass is 32.2. The lowest BCUT2D eigenvalue weighted by molar-refractivity contribution is 0.101. The molecule has 0 saturated carbocycles. The van der Waals surface area contributed by atoms with Crippen molar-refractivity contribution in [3.63, 3.8) is 0 Å². The molecule has 134 valence electrons. The summed E-state index contributed by atoms with van der Waals surface area (Å²) in [4.78, 5) is 15.7. The monoisotopic (exact) mass is 362 g/mol. The second-order valence-electron chi connectivity index (χ2n) is 5.59. The van der Waals surface area contributed by atoms with Gasteiger partial charge in [0.15, 0.2) is 5.78 Å². The van der Waals surface area contributed by atoms with Gasteiger partial charge in [-0.1, -0.05) is 18.2 Å². The van der Waals surface area contributed by atoms with Crippen molar-refractivity contribution in [1.82, 2.24) is 9.29 Å². The van der Waals surface area contributed by atoms with Crippen molar-refractivity contribution in [3.05, 3.63) is 59.9 Å². The Labute approximate surface area is 148 Å². The van der Waals surface area contributed by atoms with Crippen LogP contribution in [0.25, 0.3) is 0 Å². The van der Waals surface area contributed by atoms with Crippen molar-refractivity contribution < 1.29 is 17.9 Å². The fourth-order valence-corrected chi connectivity index (χ4v) is 3.80. The van der Waals surface area contributed by atoms with Gasteiger partial charge in [0, 0.05) is 32.0 Å². The predicted octanol–water partition coefficient (Wildman–Crippen LogP) is 2.51. The van der Waals surface area contributed by atoms with Crippen molar-refractivity contribution in [1.29, 1.82) is 0 Å². The topological polar surface area (TPSA) is 76.6 Å². The van der Waals surface area contributed by atoms with Crippen LogP contribution in [0.1, 0.15) is 29.4 Å². The first-order valence-corrected chi connectivity index (χ1v) is 9.39. The zero-order valence-corrected chi connectivity index (χ0v) is 15.2. The molecular formula is C18H22N2O4S. The summed E-state index contributed by atoms with van der Waals surface area (Å²) in [5, 5.41) is 0. The number of hydrogen-bond donors (Lipinski definition) is 0. The molecule has 0 radical (unpaired) electrons. The van der Waals surface area contributed by atoms with Crippen LogP contribution in [0.2, 0.25) is 0 Å². The molecule has 0 fully saturated rings. The summed E-state index contributed by atoms with van der Waals surface area (Å²) >= 11 is 0. The minimum Gasteiger partial charge on any atom is -0.385 e. The maximum Gasteiger partial charge on any atom is 0.243 e. The van der Waals surface area contributed by atoms with Gasteiger partial charge in [-0.25, -0.2) is 8.42 Å². The average Bonchev–Trinajstić information content (AvgIpc) is 2.62. The Hall–Kier alpha value is -2.09. The second-order valence-corrected chi connectivity index (χ2v) is 7.52. The van der Waals surface area contributed by atoms with E-state index in [4.69, 9.17) is 4.74 Å². The number of rotatable bonds is 9. The molecule has 1 heterocycles. The lowest BCUT2D eigenvalue weighted by atomic mass is 10.2. The summed E-state index contributed by atoms with van der Waals surface area (Å²) in [7, 11) is -2.11. The van der Waals surface area contributed by atoms with Gasteiger partial charge in [0.1, 0.15) is 0 Å². The number of hydrogen-bond acceptors (Lipinski definition) is 5. The normalized spacial score (nSPS) is 11.6. The van der Waals surface area contributed by atoms with Gasteiger partial charge in [-0.05, 0) is 37.6 Å². The van der Waals surface area contributed by atoms with Crippen molar-refractivity contribution in [2.45, 2.75) is 24.8 Å². The van der Waals surface area contributed by atoms with Crippen molar-refractivity contribution in [3.8, 4) is 0 Å². The van der Waals surface area contributed by atoms with E-state index in [2.05, 4.69) is 4.98 Å². The van der Waals surface area contributed by atoms with E-state index in [1.165, 1.54) is 35.5 Å². The summed E-state index contributed by atoms with van der Waals surface area (Å²) in [6.45, 7) is 2.42. The van der Waals surface area contributed by atoms with Gasteiger partial charge in [0.05, 0.1) is 17.1 Å². The van der Waals surface area contributed by atoms with E-state index < -0.39 is 10.0 Å². The molecule has 0 saturated heterocycles. The number of methoxy groups -OCH3 is 1. The van der Waals surface area contributed by atoms with E-state index in [-0.39, 0.29) is 17.2 Å². The first-order valence-electron chi connectivity index (χ1n) is 7.95. The Morgan fingerprint density at radius 2 is 1.88 bits per heavy atom. The van der Waals surface area contributed by atoms with Gasteiger partial charge in [-0.2, -0.15) is 4.31 Å². The molecule has 7 heteroatoms. The first-order chi connectivity index (χ1) is 11.9. The predicted molar refractivity (Wildman–Crippen MR) is 94.8 cm³/mol. The fourth-order valence-electron chi connectivity index (χ4n) is 2.35. The van der Waals surface area contributed by atoms with E-state index in [1.807, 2.05) is 6.07 Å². The Morgan fingerprint density at radius 3 is 2.44 bits per heavy atom. The molecule has 0 N–H and O–H groups in total. The number of carbonyl (C=O) groups excluding carboxylic acids is 1. The molecule has 1 aromatic carbocycles. The number of Topliss-reactive ketones (excluding diaryl/α,β-unsaturated/α-hetero) is 1. The molecule has 25 heavy (non-hydrogen) atoms. The van der Waals surface area contributed by atoms with Crippen molar-refractivity contribution in [2.24, 2.45) is 0 Å². The number of aromatic nitrogens is 1. The maximum atomic E-state index is 13.0. The number of ether oxygens (including phenoxy) is 1. The molecule has 2 rings (SSSR count). The van der Waals surface area contributed by atoms with Crippen LogP contribution in [0.3, 0.4) is 0 Å². The van der Waals surface area contributed by atoms with E-state index in [1.54, 1.807) is 25.4 Å². The van der Waals surface area contributed by atoms with Crippen LogP contribution in [0, 0.1) is 0 Å². The molecule has 0 atom stereocenters. The van der Waals surface area contributed by atoms with E-state index in [0.29, 0.717) is 30.8 Å². The Morgan fingerprint density at radius 1 is 1.16 bits per heavy atom. The number of sulfonamides is 1. The molecule has 0 aliphatic heterocycles. The van der Waals surface area contributed by atoms with Gasteiger partial charge < -0.3 is 4.74 Å². The summed E-state index contributed by atoms with van der Waals surface area (Å²) in [5.41, 5.74) is 1.15. The largest absolute Gasteiger partial charge is 0.385 e. The van der Waals surface area contributed by atoms with Gasteiger partial charge in [0.25, 0.3) is 0 Å². The van der Waals surface area contributed by atoms with Crippen LogP contribution in [-0.4, -0.2) is 43.8 Å². The third-order valence-corrected chi connectivity index (χ3v) is 5.58. The highest BCUT2D eigenvalue weighted by molar-refractivity contribution is 7.89. The van der Waals surface area contributed by atoms with E-state index >= 15 is 0 Å². The smallest absolute Gasteiger partial charge is 0.243 e. The lowest BCUT2D eigenvalue weighted by Crippen LogP contribution is -2.32. The van der Waals surface area contributed by atoms with Crippen LogP contribution in [0.5, 0.6) is 0 Å². The molecule has 0 amide bonds. The zero-order chi connectivity index (χ0) is 18.3. The standard InChI is InChI=1S/C18H22N2O4S/c1-15(21)16-7-9-18(10-8-16)25(22,23)20(12-5-13-24-2)14-17-6-3-4-11-19-17/h3-4,6-11H,5,12-14H2,1-2H3. The van der Waals surface area contributed by atoms with Gasteiger partial charge in [0.2, 0.25) is 10.0 Å². The van der Waals surface area contributed by atoms with E-state index in [0.717, 1.165) is 0 Å². The third kappa shape index (κ3) is 5.19. The first kappa shape index (κ1) is 19.2. The minimum atomic E-state index is -3.70. The summed E-state index contributed by atoms with van der Waals surface area (Å²) in [6.07, 6.45) is 2.21. The molecule has 0 aliphatic rings. The fraction of sp³-hybridized carbons (Fsp3) is 0.333. The summed E-state index contributed by atoms with van der Waals surface area (Å²) < 4.78 is 32.4. The quantitative estimate of drug-likeness (QED) is 0.506. The Balaban J connectivity index is 2.27. The maximum absolute atomic E-state index is 13.0. The number of benzene rings is 1. The lowest BCUT2D eigenvalue weighted by Gasteiger charge is -2.22. The molecule has 0 aliphatic carbocycles. The molecule has 2 aromatic rings. The molecule has 0 unspecified atom stereocenters. The van der Waals surface area contributed by atoms with Crippen LogP contribution < -0.4 is 0 Å². The number of ketones is 1. The molecule has 0 spiro atoms. The van der Waals surface area contributed by atoms with Gasteiger partial charge >= 0.3 is 0 Å². The second kappa shape index (κ2) is 8.84. The number of carbonyl (C=O) groups is 1. The molecule has 0 bridgehead atoms. The SMILES string of the molecule is COCCCN(Cc1ccccn1)S(=O)(=O)c1ccc(C(C)=O)cc1. The molecular weight excluding hydrogens is 340 g/mol. The third-order valence-electron chi connectivity index (χ3n) is 3.72. The van der Waals surface area contributed by atoms with Crippen LogP contribution in [-0.2, 0) is 21.3 Å². The number of pyridine rings is 1. The van der Waals surface area contributed by atoms with Gasteiger partial charge in [-0.15, -0.1) is 0 Å². The zero-order valence-electron chi connectivity index (χ0n) is 14.4. The average molecular weight is 362 g/mol. The molecule has 6 nitrogen and oxygen atoms in total. The Kier molecular flexibility index (Phi) is 6.81. The Bertz CT molecular complexity index is 790. The number of nitrogens with zero attached hydrogens (tertiary/aromatic N) is 2. The summed E-state index contributed by atoms with van der Waals surface area (Å²) in [6, 6.07) is 11.4. The van der Waals surface area contributed by atoms with Gasteiger partial charge in [-0.3, -0.25) is 9.78 Å². The minimum absolute atomic E-state index is 0.102. The van der Waals surface area contributed by atoms with Crippen LogP contribution in [0.4, 0.5) is 0 Å². The van der Waals surface area contributed by atoms with Crippen LogP contribution in [0.15, 0.2) is 53.6 Å². The van der Waals surface area contributed by atoms with Crippen molar-refractivity contribution in [2.75, 3.05) is 20.3 Å². The summed E-state index contributed by atoms with van der Waals surface area (Å²) in [5.74, 6) is -0.102. The highest BCUT2D eigenvalue weighted by Gasteiger charge is 2.24. The highest BCUT2D eigenvalue weighted by Crippen LogP contribution is 2.19. The van der Waals surface area contributed by atoms with Crippen molar-refractivity contribution >= 4 is 15.8 Å².